The van der Waals surface area contributed by atoms with E-state index >= 15 is 0 Å². The highest BCUT2D eigenvalue weighted by Crippen LogP contribution is 2.28. The van der Waals surface area contributed by atoms with Crippen molar-refractivity contribution in [3.8, 4) is 5.75 Å². The van der Waals surface area contributed by atoms with Crippen molar-refractivity contribution < 1.29 is 5.11 Å². The maximum atomic E-state index is 10.1. The molecule has 0 aromatic heterocycles. The summed E-state index contributed by atoms with van der Waals surface area (Å²) in [6, 6.07) is 6.75. The molecular weight excluding hydrogens is 234 g/mol. The van der Waals surface area contributed by atoms with E-state index in [1.165, 1.54) is 37.7 Å². The van der Waals surface area contributed by atoms with Crippen LogP contribution in [0.5, 0.6) is 5.75 Å². The summed E-state index contributed by atoms with van der Waals surface area (Å²) in [5.74, 6) is 0.427. The zero-order valence-corrected chi connectivity index (χ0v) is 12.5. The molecule has 1 aliphatic rings. The van der Waals surface area contributed by atoms with E-state index in [2.05, 4.69) is 38.2 Å². The molecule has 0 unspecified atom stereocenters. The van der Waals surface area contributed by atoms with Gasteiger partial charge in [-0.15, -0.1) is 0 Å². The molecule has 0 aliphatic heterocycles. The number of aromatic hydroxyl groups is 1. The maximum Gasteiger partial charge on any atom is 0.120 e. The molecule has 2 rings (SSSR count). The summed E-state index contributed by atoms with van der Waals surface area (Å²) in [7, 11) is 0. The number of phenolic OH excluding ortho intramolecular Hbond substituents is 1. The van der Waals surface area contributed by atoms with Crippen molar-refractivity contribution in [2.24, 2.45) is 0 Å². The Morgan fingerprint density at radius 1 is 1.16 bits per heavy atom. The van der Waals surface area contributed by atoms with E-state index in [1.54, 1.807) is 0 Å². The third kappa shape index (κ3) is 3.97. The Kier molecular flexibility index (Phi) is 4.51. The minimum absolute atomic E-state index is 0.0901. The molecule has 1 aliphatic carbocycles. The highest BCUT2D eigenvalue weighted by Gasteiger charge is 2.16. The molecule has 2 heteroatoms. The summed E-state index contributed by atoms with van der Waals surface area (Å²) < 4.78 is 0. The second-order valence-electron chi connectivity index (χ2n) is 6.81. The van der Waals surface area contributed by atoms with Gasteiger partial charge in [0.05, 0.1) is 0 Å². The van der Waals surface area contributed by atoms with E-state index in [1.807, 2.05) is 6.07 Å². The average molecular weight is 261 g/mol. The molecule has 1 aromatic rings. The molecule has 19 heavy (non-hydrogen) atoms. The number of benzene rings is 1. The van der Waals surface area contributed by atoms with Crippen LogP contribution in [0.15, 0.2) is 18.2 Å². The predicted molar refractivity (Wildman–Crippen MR) is 80.5 cm³/mol. The Morgan fingerprint density at radius 3 is 2.42 bits per heavy atom. The topological polar surface area (TPSA) is 32.3 Å². The van der Waals surface area contributed by atoms with Gasteiger partial charge in [-0.25, -0.2) is 0 Å². The fourth-order valence-corrected chi connectivity index (χ4v) is 2.74. The number of phenols is 1. The molecule has 0 radical (unpaired) electrons. The highest BCUT2D eigenvalue weighted by molar-refractivity contribution is 5.39. The second kappa shape index (κ2) is 5.96. The Balaban J connectivity index is 1.97. The molecule has 0 saturated heterocycles. The second-order valence-corrected chi connectivity index (χ2v) is 6.81. The molecule has 2 nitrogen and oxygen atoms in total. The molecule has 0 heterocycles. The minimum atomic E-state index is 0.0901. The lowest BCUT2D eigenvalue weighted by Gasteiger charge is -2.24. The van der Waals surface area contributed by atoms with Gasteiger partial charge in [0.25, 0.3) is 0 Å². The van der Waals surface area contributed by atoms with Crippen LogP contribution in [-0.2, 0) is 12.0 Å². The SMILES string of the molecule is CC(C)(C)c1ccc(CNC2CCCCC2)c(O)c1. The third-order valence-electron chi connectivity index (χ3n) is 4.14. The molecule has 106 valence electrons. The molecule has 0 bridgehead atoms. The average Bonchev–Trinajstić information content (AvgIpc) is 2.37. The van der Waals surface area contributed by atoms with E-state index in [9.17, 15) is 5.11 Å². The van der Waals surface area contributed by atoms with Gasteiger partial charge in [0.2, 0.25) is 0 Å². The van der Waals surface area contributed by atoms with Crippen molar-refractivity contribution in [2.45, 2.75) is 70.9 Å². The monoisotopic (exact) mass is 261 g/mol. The highest BCUT2D eigenvalue weighted by atomic mass is 16.3. The summed E-state index contributed by atoms with van der Waals surface area (Å²) >= 11 is 0. The Hall–Kier alpha value is -1.02. The van der Waals surface area contributed by atoms with Crippen molar-refractivity contribution in [1.82, 2.24) is 5.32 Å². The lowest BCUT2D eigenvalue weighted by atomic mass is 9.86. The quantitative estimate of drug-likeness (QED) is 0.858. The fraction of sp³-hybridized carbons (Fsp3) is 0.647. The lowest BCUT2D eigenvalue weighted by molar-refractivity contribution is 0.368. The number of nitrogens with one attached hydrogen (secondary N) is 1. The van der Waals surface area contributed by atoms with Crippen LogP contribution >= 0.6 is 0 Å². The molecule has 1 saturated carbocycles. The van der Waals surface area contributed by atoms with Gasteiger partial charge in [0.15, 0.2) is 0 Å². The van der Waals surface area contributed by atoms with Gasteiger partial charge < -0.3 is 10.4 Å². The first-order valence-electron chi connectivity index (χ1n) is 7.52. The standard InChI is InChI=1S/C17H27NO/c1-17(2,3)14-10-9-13(16(19)11-14)12-18-15-7-5-4-6-8-15/h9-11,15,18-19H,4-8,12H2,1-3H3. The predicted octanol–water partition coefficient (Wildman–Crippen LogP) is 4.11. The van der Waals surface area contributed by atoms with Gasteiger partial charge >= 0.3 is 0 Å². The zero-order chi connectivity index (χ0) is 13.9. The van der Waals surface area contributed by atoms with E-state index in [0.29, 0.717) is 11.8 Å². The number of rotatable bonds is 3. The smallest absolute Gasteiger partial charge is 0.120 e. The van der Waals surface area contributed by atoms with Crippen LogP contribution in [0.1, 0.15) is 64.0 Å². The lowest BCUT2D eigenvalue weighted by Crippen LogP contribution is -2.30. The normalized spacial score (nSPS) is 17.6. The molecule has 0 amide bonds. The largest absolute Gasteiger partial charge is 0.508 e. The van der Waals surface area contributed by atoms with Crippen molar-refractivity contribution in [3.05, 3.63) is 29.3 Å². The van der Waals surface area contributed by atoms with E-state index < -0.39 is 0 Å². The van der Waals surface area contributed by atoms with Crippen LogP contribution in [0.3, 0.4) is 0 Å². The van der Waals surface area contributed by atoms with Crippen molar-refractivity contribution in [1.29, 1.82) is 0 Å². The summed E-state index contributed by atoms with van der Waals surface area (Å²) in [5.41, 5.74) is 2.29. The summed E-state index contributed by atoms with van der Waals surface area (Å²) in [5, 5.41) is 13.7. The molecular formula is C17H27NO. The number of hydrogen-bond acceptors (Lipinski definition) is 2. The molecule has 2 N–H and O–H groups in total. The van der Waals surface area contributed by atoms with Crippen LogP contribution in [0.2, 0.25) is 0 Å². The zero-order valence-electron chi connectivity index (χ0n) is 12.5. The van der Waals surface area contributed by atoms with Gasteiger partial charge in [0, 0.05) is 18.2 Å². The minimum Gasteiger partial charge on any atom is -0.508 e. The van der Waals surface area contributed by atoms with Gasteiger partial charge in [-0.1, -0.05) is 52.2 Å². The van der Waals surface area contributed by atoms with Crippen LogP contribution in [0.4, 0.5) is 0 Å². The molecule has 0 atom stereocenters. The Bertz CT molecular complexity index is 414. The van der Waals surface area contributed by atoms with Crippen molar-refractivity contribution in [3.63, 3.8) is 0 Å². The van der Waals surface area contributed by atoms with Crippen LogP contribution in [-0.4, -0.2) is 11.1 Å². The third-order valence-corrected chi connectivity index (χ3v) is 4.14. The van der Waals surface area contributed by atoms with E-state index in [-0.39, 0.29) is 5.41 Å². The van der Waals surface area contributed by atoms with Crippen LogP contribution < -0.4 is 5.32 Å². The first kappa shape index (κ1) is 14.4. The Labute approximate surface area is 117 Å². The van der Waals surface area contributed by atoms with Gasteiger partial charge in [0.1, 0.15) is 5.75 Å². The van der Waals surface area contributed by atoms with Gasteiger partial charge in [-0.2, -0.15) is 0 Å². The molecule has 1 fully saturated rings. The first-order chi connectivity index (χ1) is 8.97. The van der Waals surface area contributed by atoms with Crippen molar-refractivity contribution in [2.75, 3.05) is 0 Å². The van der Waals surface area contributed by atoms with E-state index in [4.69, 9.17) is 0 Å². The van der Waals surface area contributed by atoms with Crippen LogP contribution in [0, 0.1) is 0 Å². The summed E-state index contributed by atoms with van der Waals surface area (Å²) in [6.07, 6.45) is 6.62. The number of hydrogen-bond donors (Lipinski definition) is 2. The molecule has 1 aromatic carbocycles. The van der Waals surface area contributed by atoms with Gasteiger partial charge in [-0.3, -0.25) is 0 Å². The summed E-state index contributed by atoms with van der Waals surface area (Å²) in [6.45, 7) is 7.28. The van der Waals surface area contributed by atoms with Crippen LogP contribution in [0.25, 0.3) is 0 Å². The van der Waals surface area contributed by atoms with Gasteiger partial charge in [-0.05, 0) is 29.9 Å². The first-order valence-corrected chi connectivity index (χ1v) is 7.52. The Morgan fingerprint density at radius 2 is 1.84 bits per heavy atom. The van der Waals surface area contributed by atoms with E-state index in [0.717, 1.165) is 12.1 Å². The fourth-order valence-electron chi connectivity index (χ4n) is 2.74. The van der Waals surface area contributed by atoms with Crippen molar-refractivity contribution >= 4 is 0 Å². The molecule has 0 spiro atoms. The maximum absolute atomic E-state index is 10.1. The summed E-state index contributed by atoms with van der Waals surface area (Å²) in [4.78, 5) is 0.